The first-order valence-corrected chi connectivity index (χ1v) is 7.13. The summed E-state index contributed by atoms with van der Waals surface area (Å²) in [6, 6.07) is 6.38. The number of hydrogen-bond donors (Lipinski definition) is 2. The largest absolute Gasteiger partial charge is 0.508 e. The molecule has 1 aromatic carbocycles. The molecule has 0 bridgehead atoms. The van der Waals surface area contributed by atoms with E-state index < -0.39 is 0 Å². The van der Waals surface area contributed by atoms with Crippen molar-refractivity contribution in [2.24, 2.45) is 7.05 Å². The molecule has 0 spiro atoms. The van der Waals surface area contributed by atoms with Crippen LogP contribution in [0.2, 0.25) is 0 Å². The fourth-order valence-electron chi connectivity index (χ4n) is 3.14. The van der Waals surface area contributed by atoms with E-state index in [9.17, 15) is 5.11 Å². The van der Waals surface area contributed by atoms with Crippen LogP contribution >= 0.6 is 0 Å². The zero-order chi connectivity index (χ0) is 14.3. The number of hydrogen-bond acceptors (Lipinski definition) is 3. The molecule has 0 saturated heterocycles. The predicted molar refractivity (Wildman–Crippen MR) is 78.7 cm³/mol. The maximum atomic E-state index is 9.91. The van der Waals surface area contributed by atoms with Crippen molar-refractivity contribution in [1.29, 1.82) is 0 Å². The van der Waals surface area contributed by atoms with E-state index in [1.54, 1.807) is 6.07 Å². The van der Waals surface area contributed by atoms with Crippen molar-refractivity contribution in [1.82, 2.24) is 15.1 Å². The molecule has 1 aromatic heterocycles. The minimum atomic E-state index is 0.252. The van der Waals surface area contributed by atoms with Crippen LogP contribution in [0.25, 0.3) is 0 Å². The van der Waals surface area contributed by atoms with Crippen LogP contribution in [-0.2, 0) is 13.5 Å². The van der Waals surface area contributed by atoms with Gasteiger partial charge in [0, 0.05) is 30.4 Å². The van der Waals surface area contributed by atoms with Crippen molar-refractivity contribution < 1.29 is 5.11 Å². The summed E-state index contributed by atoms with van der Waals surface area (Å²) in [5.74, 6) is 0.428. The Kier molecular flexibility index (Phi) is 3.26. The van der Waals surface area contributed by atoms with Gasteiger partial charge in [-0.1, -0.05) is 12.1 Å². The van der Waals surface area contributed by atoms with Gasteiger partial charge in [0.15, 0.2) is 0 Å². The van der Waals surface area contributed by atoms with Crippen molar-refractivity contribution in [3.05, 3.63) is 46.8 Å². The van der Waals surface area contributed by atoms with Gasteiger partial charge >= 0.3 is 0 Å². The zero-order valence-corrected chi connectivity index (χ0v) is 12.2. The molecule has 2 unspecified atom stereocenters. The summed E-state index contributed by atoms with van der Waals surface area (Å²) in [5.41, 5.74) is 4.76. The van der Waals surface area contributed by atoms with Gasteiger partial charge < -0.3 is 10.4 Å². The van der Waals surface area contributed by atoms with Gasteiger partial charge in [-0.2, -0.15) is 5.10 Å². The molecule has 1 aliphatic carbocycles. The van der Waals surface area contributed by atoms with Gasteiger partial charge in [-0.15, -0.1) is 0 Å². The summed E-state index contributed by atoms with van der Waals surface area (Å²) in [6.45, 7) is 4.26. The molecular weight excluding hydrogens is 250 g/mol. The lowest BCUT2D eigenvalue weighted by atomic mass is 10.0. The number of phenolic OH excluding ortho intramolecular Hbond substituents is 1. The first kappa shape index (κ1) is 13.2. The monoisotopic (exact) mass is 271 g/mol. The van der Waals surface area contributed by atoms with Gasteiger partial charge in [-0.25, -0.2) is 0 Å². The van der Waals surface area contributed by atoms with E-state index in [0.717, 1.165) is 18.4 Å². The van der Waals surface area contributed by atoms with E-state index in [2.05, 4.69) is 30.3 Å². The highest BCUT2D eigenvalue weighted by atomic mass is 16.3. The molecule has 0 amide bonds. The van der Waals surface area contributed by atoms with Gasteiger partial charge in [0.1, 0.15) is 5.75 Å². The number of nitrogens with one attached hydrogen (secondary N) is 1. The molecule has 4 heteroatoms. The zero-order valence-electron chi connectivity index (χ0n) is 12.2. The highest BCUT2D eigenvalue weighted by Gasteiger charge is 2.26. The predicted octanol–water partition coefficient (Wildman–Crippen LogP) is 2.77. The van der Waals surface area contributed by atoms with E-state index in [-0.39, 0.29) is 6.04 Å². The Bertz CT molecular complexity index is 633. The first-order chi connectivity index (χ1) is 9.58. The van der Waals surface area contributed by atoms with Gasteiger partial charge in [-0.05, 0) is 43.9 Å². The molecule has 0 radical (unpaired) electrons. The summed E-state index contributed by atoms with van der Waals surface area (Å²) >= 11 is 0. The number of phenols is 1. The van der Waals surface area contributed by atoms with Crippen LogP contribution in [0.5, 0.6) is 5.75 Å². The van der Waals surface area contributed by atoms with Crippen molar-refractivity contribution >= 4 is 0 Å². The van der Waals surface area contributed by atoms with E-state index >= 15 is 0 Å². The van der Waals surface area contributed by atoms with Gasteiger partial charge in [0.05, 0.1) is 6.20 Å². The van der Waals surface area contributed by atoms with Crippen LogP contribution in [0.3, 0.4) is 0 Å². The second-order valence-corrected chi connectivity index (χ2v) is 5.63. The molecule has 1 aliphatic rings. The lowest BCUT2D eigenvalue weighted by Crippen LogP contribution is -2.23. The standard InChI is InChI=1S/C16H21N3O/c1-10(14-9-17-19(3)11(14)2)18-15-8-7-13-12(15)5-4-6-16(13)20/h4-6,9-10,15,18,20H,7-8H2,1-3H3. The van der Waals surface area contributed by atoms with Crippen molar-refractivity contribution in [3.63, 3.8) is 0 Å². The molecule has 2 atom stereocenters. The maximum Gasteiger partial charge on any atom is 0.119 e. The molecule has 0 aliphatic heterocycles. The molecule has 4 nitrogen and oxygen atoms in total. The van der Waals surface area contributed by atoms with Crippen LogP contribution in [0.1, 0.15) is 47.8 Å². The number of aryl methyl sites for hydroxylation is 1. The molecule has 3 rings (SSSR count). The van der Waals surface area contributed by atoms with Crippen LogP contribution in [0.4, 0.5) is 0 Å². The average Bonchev–Trinajstić information content (AvgIpc) is 2.97. The molecule has 106 valence electrons. The molecule has 20 heavy (non-hydrogen) atoms. The topological polar surface area (TPSA) is 50.1 Å². The lowest BCUT2D eigenvalue weighted by molar-refractivity contribution is 0.463. The van der Waals surface area contributed by atoms with Crippen molar-refractivity contribution in [2.75, 3.05) is 0 Å². The highest BCUT2D eigenvalue weighted by molar-refractivity contribution is 5.44. The Morgan fingerprint density at radius 1 is 1.45 bits per heavy atom. The Morgan fingerprint density at radius 2 is 2.25 bits per heavy atom. The van der Waals surface area contributed by atoms with Gasteiger partial charge in [0.2, 0.25) is 0 Å². The highest BCUT2D eigenvalue weighted by Crippen LogP contribution is 2.37. The minimum Gasteiger partial charge on any atom is -0.508 e. The van der Waals surface area contributed by atoms with Crippen molar-refractivity contribution in [3.8, 4) is 5.75 Å². The third-order valence-electron chi connectivity index (χ3n) is 4.44. The minimum absolute atomic E-state index is 0.252. The molecule has 2 aromatic rings. The third-order valence-corrected chi connectivity index (χ3v) is 4.44. The number of rotatable bonds is 3. The second-order valence-electron chi connectivity index (χ2n) is 5.63. The van der Waals surface area contributed by atoms with Gasteiger partial charge in [0.25, 0.3) is 0 Å². The van der Waals surface area contributed by atoms with Crippen molar-refractivity contribution in [2.45, 2.75) is 38.8 Å². The summed E-state index contributed by atoms with van der Waals surface area (Å²) in [5, 5.41) is 17.9. The summed E-state index contributed by atoms with van der Waals surface area (Å²) < 4.78 is 1.90. The Labute approximate surface area is 119 Å². The van der Waals surface area contributed by atoms with E-state index in [1.165, 1.54) is 16.8 Å². The molecule has 2 N–H and O–H groups in total. The number of benzene rings is 1. The second kappa shape index (κ2) is 4.94. The Balaban J connectivity index is 1.81. The summed E-state index contributed by atoms with van der Waals surface area (Å²) in [7, 11) is 1.97. The lowest BCUT2D eigenvalue weighted by Gasteiger charge is -2.20. The van der Waals surface area contributed by atoms with Gasteiger partial charge in [-0.3, -0.25) is 4.68 Å². The van der Waals surface area contributed by atoms with E-state index in [0.29, 0.717) is 11.8 Å². The molecular formula is C16H21N3O. The van der Waals surface area contributed by atoms with E-state index in [4.69, 9.17) is 0 Å². The molecule has 1 heterocycles. The quantitative estimate of drug-likeness (QED) is 0.902. The third kappa shape index (κ3) is 2.10. The number of fused-ring (bicyclic) bond motifs is 1. The van der Waals surface area contributed by atoms with Crippen LogP contribution in [0, 0.1) is 6.92 Å². The maximum absolute atomic E-state index is 9.91. The number of nitrogens with zero attached hydrogens (tertiary/aromatic N) is 2. The van der Waals surface area contributed by atoms with Crippen LogP contribution < -0.4 is 5.32 Å². The number of aromatic nitrogens is 2. The fourth-order valence-corrected chi connectivity index (χ4v) is 3.14. The Hall–Kier alpha value is -1.81. The first-order valence-electron chi connectivity index (χ1n) is 7.13. The summed E-state index contributed by atoms with van der Waals surface area (Å²) in [4.78, 5) is 0. The van der Waals surface area contributed by atoms with E-state index in [1.807, 2.05) is 24.0 Å². The average molecular weight is 271 g/mol. The fraction of sp³-hybridized carbons (Fsp3) is 0.438. The summed E-state index contributed by atoms with van der Waals surface area (Å²) in [6.07, 6.45) is 3.92. The van der Waals surface area contributed by atoms with Crippen LogP contribution in [0.15, 0.2) is 24.4 Å². The SMILES string of the molecule is Cc1c(C(C)NC2CCc3c(O)cccc32)cnn1C. The Morgan fingerprint density at radius 3 is 2.95 bits per heavy atom. The smallest absolute Gasteiger partial charge is 0.119 e. The number of aromatic hydroxyl groups is 1. The molecule has 0 saturated carbocycles. The van der Waals surface area contributed by atoms with Crippen LogP contribution in [-0.4, -0.2) is 14.9 Å². The molecule has 0 fully saturated rings. The normalized spacial score (nSPS) is 19.1.